The van der Waals surface area contributed by atoms with Gasteiger partial charge in [-0.1, -0.05) is 46.3 Å². The van der Waals surface area contributed by atoms with E-state index in [2.05, 4.69) is 18.3 Å². The van der Waals surface area contributed by atoms with Gasteiger partial charge < -0.3 is 19.9 Å². The number of carboxylic acids is 1. The van der Waals surface area contributed by atoms with Crippen molar-refractivity contribution < 1.29 is 29.0 Å². The molecule has 2 N–H and O–H groups in total. The van der Waals surface area contributed by atoms with E-state index in [1.807, 2.05) is 0 Å². The normalized spacial score (nSPS) is 26.9. The van der Waals surface area contributed by atoms with Crippen LogP contribution in [-0.4, -0.2) is 36.0 Å². The minimum Gasteiger partial charge on any atom is -0.481 e. The molecule has 7 nitrogen and oxygen atoms in total. The second-order valence-corrected chi connectivity index (χ2v) is 8.77. The summed E-state index contributed by atoms with van der Waals surface area (Å²) in [5.74, 6) is -1.15. The first-order valence-electron chi connectivity index (χ1n) is 10.1. The van der Waals surface area contributed by atoms with E-state index >= 15 is 0 Å². The molecule has 4 atom stereocenters. The molecule has 0 aromatic heterocycles. The van der Waals surface area contributed by atoms with Crippen LogP contribution >= 0.6 is 0 Å². The summed E-state index contributed by atoms with van der Waals surface area (Å²) in [6.45, 7) is 9.35. The fourth-order valence-corrected chi connectivity index (χ4v) is 4.24. The molecule has 2 aliphatic carbocycles. The van der Waals surface area contributed by atoms with Gasteiger partial charge in [-0.15, -0.1) is 0 Å². The highest BCUT2D eigenvalue weighted by Gasteiger charge is 2.55. The lowest BCUT2D eigenvalue weighted by molar-refractivity contribution is -0.179. The first kappa shape index (κ1) is 22.2. The number of ether oxygens (including phenoxy) is 2. The summed E-state index contributed by atoms with van der Waals surface area (Å²) in [5.41, 5.74) is 0.888. The fraction of sp³-hybridized carbons (Fsp3) is 0.762. The van der Waals surface area contributed by atoms with Gasteiger partial charge in [-0.3, -0.25) is 9.59 Å². The zero-order valence-electron chi connectivity index (χ0n) is 17.5. The van der Waals surface area contributed by atoms with Crippen LogP contribution in [0.3, 0.4) is 0 Å². The van der Waals surface area contributed by atoms with Crippen LogP contribution in [0.25, 0.3) is 0 Å². The van der Waals surface area contributed by atoms with Crippen LogP contribution in [-0.2, 0) is 19.1 Å². The Kier molecular flexibility index (Phi) is 7.12. The predicted octanol–water partition coefficient (Wildman–Crippen LogP) is 3.73. The molecule has 0 radical (unpaired) electrons. The minimum absolute atomic E-state index is 0.0118. The van der Waals surface area contributed by atoms with Gasteiger partial charge in [0.2, 0.25) is 0 Å². The summed E-state index contributed by atoms with van der Waals surface area (Å²) in [6.07, 6.45) is 3.32. The lowest BCUT2D eigenvalue weighted by Gasteiger charge is -2.51. The van der Waals surface area contributed by atoms with E-state index in [0.29, 0.717) is 5.92 Å². The van der Waals surface area contributed by atoms with Gasteiger partial charge in [0.05, 0.1) is 12.3 Å². The average Bonchev–Trinajstić information content (AvgIpc) is 2.95. The molecule has 0 aromatic carbocycles. The summed E-state index contributed by atoms with van der Waals surface area (Å²) in [4.78, 5) is 35.5. The number of amides is 1. The van der Waals surface area contributed by atoms with Crippen molar-refractivity contribution in [1.82, 2.24) is 5.32 Å². The van der Waals surface area contributed by atoms with Crippen LogP contribution in [0.1, 0.15) is 60.3 Å². The lowest BCUT2D eigenvalue weighted by atomic mass is 9.53. The number of carbonyl (C=O) groups is 3. The largest absolute Gasteiger partial charge is 0.481 e. The van der Waals surface area contributed by atoms with Crippen LogP contribution in [0.15, 0.2) is 11.6 Å². The van der Waals surface area contributed by atoms with Crippen LogP contribution in [0.5, 0.6) is 0 Å². The number of rotatable bonds is 9. The molecule has 2 aliphatic rings. The topological polar surface area (TPSA) is 102 Å². The van der Waals surface area contributed by atoms with Crippen LogP contribution in [0.2, 0.25) is 0 Å². The van der Waals surface area contributed by atoms with Crippen LogP contribution in [0.4, 0.5) is 4.79 Å². The molecule has 0 aliphatic heterocycles. The third-order valence-corrected chi connectivity index (χ3v) is 5.84. The number of aliphatic carboxylic acids is 1. The van der Waals surface area contributed by atoms with Crippen molar-refractivity contribution in [1.29, 1.82) is 0 Å². The fourth-order valence-electron chi connectivity index (χ4n) is 4.24. The van der Waals surface area contributed by atoms with Gasteiger partial charge in [-0.05, 0) is 31.1 Å². The second-order valence-electron chi connectivity index (χ2n) is 8.77. The summed E-state index contributed by atoms with van der Waals surface area (Å²) in [6, 6.07) is 0. The molecule has 0 aromatic rings. The van der Waals surface area contributed by atoms with Crippen molar-refractivity contribution in [3.05, 3.63) is 11.6 Å². The van der Waals surface area contributed by atoms with Crippen LogP contribution < -0.4 is 5.32 Å². The molecule has 2 rings (SSSR count). The van der Waals surface area contributed by atoms with Gasteiger partial charge in [-0.2, -0.15) is 0 Å². The van der Waals surface area contributed by atoms with E-state index in [9.17, 15) is 19.5 Å². The number of hydrogen-bond acceptors (Lipinski definition) is 5. The monoisotopic (exact) mass is 395 g/mol. The van der Waals surface area contributed by atoms with Crippen molar-refractivity contribution in [2.24, 2.45) is 29.1 Å². The number of allylic oxidation sites excluding steroid dienone is 2. The van der Waals surface area contributed by atoms with Crippen molar-refractivity contribution >= 4 is 18.0 Å². The van der Waals surface area contributed by atoms with Crippen molar-refractivity contribution in [2.75, 3.05) is 6.54 Å². The number of nitrogens with one attached hydrogen (secondary N) is 1. The van der Waals surface area contributed by atoms with Gasteiger partial charge in [0.1, 0.15) is 0 Å². The molecule has 1 saturated carbocycles. The zero-order chi connectivity index (χ0) is 21.1. The highest BCUT2D eigenvalue weighted by molar-refractivity contribution is 5.72. The van der Waals surface area contributed by atoms with Gasteiger partial charge in [0, 0.05) is 17.9 Å². The molecule has 0 saturated heterocycles. The number of carbonyl (C=O) groups excluding carboxylic acids is 2. The first-order chi connectivity index (χ1) is 13.1. The number of esters is 1. The number of carboxylic acid groups (broad SMARTS) is 1. The predicted molar refractivity (Wildman–Crippen MR) is 103 cm³/mol. The standard InChI is InChI=1S/C21H33NO6/c1-6-14-7-15-9-21(10-17(23)24,16(15)8-14)11-22-20(26)28-19(13(4)5)27-18(25)12(2)3/h8,12-13,15-16,19H,6-7,9-11H2,1-5H3,(H,22,26)(H,23,24)/t15-,16+,19-,21+/m0/s1. The molecule has 1 amide bonds. The van der Waals surface area contributed by atoms with E-state index in [-0.39, 0.29) is 30.7 Å². The van der Waals surface area contributed by atoms with Crippen LogP contribution in [0, 0.1) is 29.1 Å². The SMILES string of the molecule is CCC1=C[C@@H]2[C@@H](C1)C[C@]2(CNC(=O)O[C@H](OC(=O)C(C)C)C(C)C)CC(=O)O. The quantitative estimate of drug-likeness (QED) is 0.350. The second kappa shape index (κ2) is 8.97. The minimum atomic E-state index is -0.975. The van der Waals surface area contributed by atoms with Gasteiger partial charge in [-0.25, -0.2) is 4.79 Å². The Balaban J connectivity index is 1.97. The summed E-state index contributed by atoms with van der Waals surface area (Å²) >= 11 is 0. The molecular weight excluding hydrogens is 362 g/mol. The van der Waals surface area contributed by atoms with Crippen molar-refractivity contribution in [3.63, 3.8) is 0 Å². The Bertz CT molecular complexity index is 641. The molecular formula is C21H33NO6. The molecule has 0 heterocycles. The summed E-state index contributed by atoms with van der Waals surface area (Å²) in [5, 5.41) is 12.1. The molecule has 0 spiro atoms. The third-order valence-electron chi connectivity index (χ3n) is 5.84. The van der Waals surface area contributed by atoms with Gasteiger partial charge >= 0.3 is 18.0 Å². The van der Waals surface area contributed by atoms with E-state index < -0.39 is 29.7 Å². The molecule has 0 bridgehead atoms. The van der Waals surface area contributed by atoms with Crippen molar-refractivity contribution in [3.8, 4) is 0 Å². The Labute approximate surface area is 166 Å². The third kappa shape index (κ3) is 5.06. The zero-order valence-corrected chi connectivity index (χ0v) is 17.5. The molecule has 0 unspecified atom stereocenters. The Morgan fingerprint density at radius 3 is 2.46 bits per heavy atom. The van der Waals surface area contributed by atoms with E-state index in [4.69, 9.17) is 9.47 Å². The average molecular weight is 395 g/mol. The maximum absolute atomic E-state index is 12.3. The van der Waals surface area contributed by atoms with Crippen molar-refractivity contribution in [2.45, 2.75) is 66.6 Å². The molecule has 158 valence electrons. The Morgan fingerprint density at radius 2 is 1.93 bits per heavy atom. The maximum Gasteiger partial charge on any atom is 0.410 e. The lowest BCUT2D eigenvalue weighted by Crippen LogP contribution is -2.53. The summed E-state index contributed by atoms with van der Waals surface area (Å²) in [7, 11) is 0. The molecule has 28 heavy (non-hydrogen) atoms. The number of hydrogen-bond donors (Lipinski definition) is 2. The molecule has 1 fully saturated rings. The van der Waals surface area contributed by atoms with E-state index in [0.717, 1.165) is 19.3 Å². The highest BCUT2D eigenvalue weighted by atomic mass is 16.7. The first-order valence-corrected chi connectivity index (χ1v) is 10.1. The number of fused-ring (bicyclic) bond motifs is 1. The maximum atomic E-state index is 12.3. The van der Waals surface area contributed by atoms with E-state index in [1.165, 1.54) is 5.57 Å². The van der Waals surface area contributed by atoms with Gasteiger partial charge in [0.25, 0.3) is 6.29 Å². The number of alkyl carbamates (subject to hydrolysis) is 1. The van der Waals surface area contributed by atoms with Gasteiger partial charge in [0.15, 0.2) is 0 Å². The summed E-state index contributed by atoms with van der Waals surface area (Å²) < 4.78 is 10.6. The van der Waals surface area contributed by atoms with E-state index in [1.54, 1.807) is 27.7 Å². The highest BCUT2D eigenvalue weighted by Crippen LogP contribution is 2.59. The Hall–Kier alpha value is -2.05. The smallest absolute Gasteiger partial charge is 0.410 e. The molecule has 7 heteroatoms. The Morgan fingerprint density at radius 1 is 1.25 bits per heavy atom.